The van der Waals surface area contributed by atoms with Crippen LogP contribution in [0.25, 0.3) is 10.3 Å². The predicted molar refractivity (Wildman–Crippen MR) is 90.8 cm³/mol. The molecule has 0 amide bonds. The van der Waals surface area contributed by atoms with Gasteiger partial charge in [0.15, 0.2) is 10.8 Å². The van der Waals surface area contributed by atoms with Crippen LogP contribution in [0.1, 0.15) is 12.1 Å². The lowest BCUT2D eigenvalue weighted by Gasteiger charge is -2.21. The fourth-order valence-electron chi connectivity index (χ4n) is 3.19. The lowest BCUT2D eigenvalue weighted by molar-refractivity contribution is 0.159. The van der Waals surface area contributed by atoms with Crippen molar-refractivity contribution in [2.45, 2.75) is 13.3 Å². The fraction of sp³-hybridized carbons (Fsp3) is 0.733. The molecule has 0 radical (unpaired) electrons. The quantitative estimate of drug-likeness (QED) is 0.810. The van der Waals surface area contributed by atoms with Gasteiger partial charge in [-0.05, 0) is 25.8 Å². The Morgan fingerprint density at radius 3 is 3.00 bits per heavy atom. The zero-order valence-electron chi connectivity index (χ0n) is 13.9. The van der Waals surface area contributed by atoms with Crippen molar-refractivity contribution in [1.82, 2.24) is 19.7 Å². The first-order valence-electron chi connectivity index (χ1n) is 7.81. The highest BCUT2D eigenvalue weighted by atomic mass is 32.1. The average Bonchev–Trinajstić information content (AvgIpc) is 3.16. The second kappa shape index (κ2) is 6.52. The van der Waals surface area contributed by atoms with Gasteiger partial charge in [0.05, 0.1) is 17.0 Å². The van der Waals surface area contributed by atoms with Crippen LogP contribution in [0.4, 0.5) is 5.13 Å². The number of likely N-dealkylation sites (tertiary alicyclic amines) is 1. The van der Waals surface area contributed by atoms with Gasteiger partial charge in [-0.15, -0.1) is 0 Å². The van der Waals surface area contributed by atoms with Crippen LogP contribution in [-0.4, -0.2) is 66.6 Å². The standard InChI is InChI=1S/C15H25N5OS/c1-11-13-14(19(3)17-11)16-15(22-13)18(2)9-12-5-6-20(10-12)7-8-21-4/h12H,5-10H2,1-4H3/t12-/m0/s1. The molecule has 1 saturated heterocycles. The smallest absolute Gasteiger partial charge is 0.187 e. The maximum Gasteiger partial charge on any atom is 0.187 e. The molecule has 0 aromatic carbocycles. The van der Waals surface area contributed by atoms with Crippen LogP contribution in [-0.2, 0) is 11.8 Å². The number of aromatic nitrogens is 3. The summed E-state index contributed by atoms with van der Waals surface area (Å²) in [7, 11) is 5.88. The number of ether oxygens (including phenoxy) is 1. The summed E-state index contributed by atoms with van der Waals surface area (Å²) in [5.41, 5.74) is 2.07. The number of rotatable bonds is 6. The van der Waals surface area contributed by atoms with Gasteiger partial charge in [0.2, 0.25) is 0 Å². The van der Waals surface area contributed by atoms with Crippen molar-refractivity contribution in [1.29, 1.82) is 0 Å². The maximum absolute atomic E-state index is 5.17. The largest absolute Gasteiger partial charge is 0.383 e. The number of methoxy groups -OCH3 is 1. The van der Waals surface area contributed by atoms with Gasteiger partial charge in [0, 0.05) is 40.8 Å². The van der Waals surface area contributed by atoms with E-state index in [9.17, 15) is 0 Å². The molecule has 7 heteroatoms. The zero-order chi connectivity index (χ0) is 15.7. The molecule has 6 nitrogen and oxygen atoms in total. The Labute approximate surface area is 135 Å². The molecule has 0 unspecified atom stereocenters. The van der Waals surface area contributed by atoms with Crippen molar-refractivity contribution in [3.05, 3.63) is 5.69 Å². The lowest BCUT2D eigenvalue weighted by atomic mass is 10.1. The number of fused-ring (bicyclic) bond motifs is 1. The van der Waals surface area contributed by atoms with E-state index in [1.54, 1.807) is 18.4 Å². The molecule has 3 rings (SSSR count). The molecule has 0 saturated carbocycles. The third-order valence-electron chi connectivity index (χ3n) is 4.37. The van der Waals surface area contributed by atoms with E-state index in [0.717, 1.165) is 36.2 Å². The summed E-state index contributed by atoms with van der Waals surface area (Å²) >= 11 is 1.75. The van der Waals surface area contributed by atoms with Gasteiger partial charge in [-0.2, -0.15) is 5.10 Å². The van der Waals surface area contributed by atoms with E-state index in [1.165, 1.54) is 24.2 Å². The Bertz CT molecular complexity index is 603. The molecule has 2 aromatic heterocycles. The van der Waals surface area contributed by atoms with E-state index < -0.39 is 0 Å². The molecule has 1 aliphatic heterocycles. The van der Waals surface area contributed by atoms with Crippen LogP contribution in [0.3, 0.4) is 0 Å². The summed E-state index contributed by atoms with van der Waals surface area (Å²) in [6.07, 6.45) is 1.26. The second-order valence-electron chi connectivity index (χ2n) is 6.19. The number of hydrogen-bond donors (Lipinski definition) is 0. The van der Waals surface area contributed by atoms with Crippen LogP contribution < -0.4 is 4.90 Å². The SMILES string of the molecule is COCCN1CC[C@@H](CN(C)c2nc3c(s2)c(C)nn3C)C1. The minimum Gasteiger partial charge on any atom is -0.383 e. The van der Waals surface area contributed by atoms with Crippen LogP contribution in [0.5, 0.6) is 0 Å². The predicted octanol–water partition coefficient (Wildman–Crippen LogP) is 1.74. The van der Waals surface area contributed by atoms with Crippen molar-refractivity contribution >= 4 is 26.8 Å². The Morgan fingerprint density at radius 2 is 2.27 bits per heavy atom. The summed E-state index contributed by atoms with van der Waals surface area (Å²) in [6.45, 7) is 7.34. The molecular weight excluding hydrogens is 298 g/mol. The Morgan fingerprint density at radius 1 is 1.45 bits per heavy atom. The van der Waals surface area contributed by atoms with Gasteiger partial charge >= 0.3 is 0 Å². The Kier molecular flexibility index (Phi) is 4.65. The average molecular weight is 323 g/mol. The summed E-state index contributed by atoms with van der Waals surface area (Å²) in [6, 6.07) is 0. The van der Waals surface area contributed by atoms with Crippen molar-refractivity contribution in [2.75, 3.05) is 51.8 Å². The Balaban J connectivity index is 1.61. The first kappa shape index (κ1) is 15.7. The number of hydrogen-bond acceptors (Lipinski definition) is 6. The molecule has 1 atom stereocenters. The van der Waals surface area contributed by atoms with Crippen LogP contribution in [0, 0.1) is 12.8 Å². The summed E-state index contributed by atoms with van der Waals surface area (Å²) in [4.78, 5) is 9.55. The molecule has 0 aliphatic carbocycles. The third kappa shape index (κ3) is 3.11. The van der Waals surface area contributed by atoms with E-state index in [-0.39, 0.29) is 0 Å². The summed E-state index contributed by atoms with van der Waals surface area (Å²) in [5.74, 6) is 0.716. The summed E-state index contributed by atoms with van der Waals surface area (Å²) in [5, 5.41) is 5.52. The summed E-state index contributed by atoms with van der Waals surface area (Å²) < 4.78 is 8.25. The van der Waals surface area contributed by atoms with Gasteiger partial charge in [-0.3, -0.25) is 0 Å². The van der Waals surface area contributed by atoms with Crippen molar-refractivity contribution in [3.8, 4) is 0 Å². The van der Waals surface area contributed by atoms with Gasteiger partial charge in [0.1, 0.15) is 0 Å². The maximum atomic E-state index is 5.17. The van der Waals surface area contributed by atoms with Crippen molar-refractivity contribution < 1.29 is 4.74 Å². The third-order valence-corrected chi connectivity index (χ3v) is 5.64. The molecule has 3 heterocycles. The highest BCUT2D eigenvalue weighted by molar-refractivity contribution is 7.22. The first-order chi connectivity index (χ1) is 10.6. The van der Waals surface area contributed by atoms with Gasteiger partial charge in [-0.1, -0.05) is 11.3 Å². The molecule has 0 bridgehead atoms. The topological polar surface area (TPSA) is 46.4 Å². The van der Waals surface area contributed by atoms with Crippen LogP contribution in [0.15, 0.2) is 0 Å². The van der Waals surface area contributed by atoms with E-state index >= 15 is 0 Å². The molecule has 1 aliphatic rings. The van der Waals surface area contributed by atoms with E-state index in [1.807, 2.05) is 11.7 Å². The minimum atomic E-state index is 0.716. The zero-order valence-corrected chi connectivity index (χ0v) is 14.7. The molecular formula is C15H25N5OS. The highest BCUT2D eigenvalue weighted by Crippen LogP contribution is 2.31. The van der Waals surface area contributed by atoms with E-state index in [4.69, 9.17) is 9.72 Å². The van der Waals surface area contributed by atoms with Gasteiger partial charge < -0.3 is 14.5 Å². The van der Waals surface area contributed by atoms with E-state index in [2.05, 4.69) is 28.9 Å². The van der Waals surface area contributed by atoms with Crippen LogP contribution >= 0.6 is 11.3 Å². The molecule has 0 spiro atoms. The number of anilines is 1. The molecule has 0 N–H and O–H groups in total. The Hall–Kier alpha value is -1.18. The molecule has 22 heavy (non-hydrogen) atoms. The monoisotopic (exact) mass is 323 g/mol. The van der Waals surface area contributed by atoms with Crippen molar-refractivity contribution in [3.63, 3.8) is 0 Å². The molecule has 122 valence electrons. The first-order valence-corrected chi connectivity index (χ1v) is 8.62. The molecule has 2 aromatic rings. The lowest BCUT2D eigenvalue weighted by Crippen LogP contribution is -2.29. The fourth-order valence-corrected chi connectivity index (χ4v) is 4.19. The highest BCUT2D eigenvalue weighted by Gasteiger charge is 2.24. The molecule has 1 fully saturated rings. The van der Waals surface area contributed by atoms with Gasteiger partial charge in [0.25, 0.3) is 0 Å². The number of aryl methyl sites for hydroxylation is 2. The van der Waals surface area contributed by atoms with E-state index in [0.29, 0.717) is 5.92 Å². The minimum absolute atomic E-state index is 0.716. The van der Waals surface area contributed by atoms with Gasteiger partial charge in [-0.25, -0.2) is 9.67 Å². The normalized spacial score (nSPS) is 19.4. The second-order valence-corrected chi connectivity index (χ2v) is 7.16. The number of nitrogens with zero attached hydrogens (tertiary/aromatic N) is 5. The van der Waals surface area contributed by atoms with Crippen LogP contribution in [0.2, 0.25) is 0 Å². The van der Waals surface area contributed by atoms with Crippen molar-refractivity contribution in [2.24, 2.45) is 13.0 Å². The number of thiazole rings is 1.